The van der Waals surface area contributed by atoms with E-state index in [-0.39, 0.29) is 5.84 Å². The minimum absolute atomic E-state index is 0.0827. The monoisotopic (exact) mass is 168 g/mol. The maximum absolute atomic E-state index is 8.34. The molecule has 0 fully saturated rings. The maximum Gasteiger partial charge on any atom is 0.171 e. The summed E-state index contributed by atoms with van der Waals surface area (Å²) in [4.78, 5) is 0.711. The topological polar surface area (TPSA) is 58.6 Å². The van der Waals surface area contributed by atoms with Crippen molar-refractivity contribution in [1.82, 2.24) is 0 Å². The molecule has 0 aliphatic heterocycles. The molecule has 0 radical (unpaired) electrons. The van der Waals surface area contributed by atoms with Gasteiger partial charge in [-0.1, -0.05) is 35.6 Å². The zero-order valence-electron chi connectivity index (χ0n) is 5.82. The molecule has 0 aromatic carbocycles. The number of hydrogen-bond donors (Lipinski definition) is 2. The fourth-order valence-corrected chi connectivity index (χ4v) is 1.09. The zero-order chi connectivity index (χ0) is 8.27. The number of amidine groups is 1. The molecule has 3 N–H and O–H groups in total. The van der Waals surface area contributed by atoms with E-state index in [2.05, 4.69) is 5.16 Å². The van der Waals surface area contributed by atoms with Gasteiger partial charge < -0.3 is 10.9 Å². The third-order valence-electron chi connectivity index (χ3n) is 1.39. The number of allylic oxidation sites excluding steroid dienone is 3. The molecule has 58 valence electrons. The van der Waals surface area contributed by atoms with Crippen molar-refractivity contribution < 1.29 is 5.21 Å². The molecule has 0 saturated carbocycles. The molecule has 0 aromatic heterocycles. The Labute approximate surface area is 69.9 Å². The number of nitrogens with zero attached hydrogens (tertiary/aromatic N) is 1. The van der Waals surface area contributed by atoms with Crippen molar-refractivity contribution in [1.29, 1.82) is 0 Å². The summed E-state index contributed by atoms with van der Waals surface area (Å²) >= 11 is 4.98. The van der Waals surface area contributed by atoms with Crippen LogP contribution in [0.3, 0.4) is 0 Å². The Hall–Kier alpha value is -1.16. The predicted molar refractivity (Wildman–Crippen MR) is 47.8 cm³/mol. The molecule has 4 heteroatoms. The van der Waals surface area contributed by atoms with Crippen LogP contribution in [0.15, 0.2) is 29.0 Å². The third-order valence-corrected chi connectivity index (χ3v) is 1.77. The molecule has 0 aromatic rings. The summed E-state index contributed by atoms with van der Waals surface area (Å²) in [5.41, 5.74) is 5.99. The quantitative estimate of drug-likeness (QED) is 0.202. The van der Waals surface area contributed by atoms with Gasteiger partial charge in [0.05, 0.1) is 0 Å². The number of hydrogen-bond acceptors (Lipinski definition) is 3. The summed E-state index contributed by atoms with van der Waals surface area (Å²) in [7, 11) is 0. The molecular formula is C7H8N2OS. The van der Waals surface area contributed by atoms with Gasteiger partial charge >= 0.3 is 0 Å². The molecule has 1 aliphatic carbocycles. The van der Waals surface area contributed by atoms with Crippen molar-refractivity contribution in [3.05, 3.63) is 23.8 Å². The van der Waals surface area contributed by atoms with Crippen molar-refractivity contribution in [2.24, 2.45) is 10.9 Å². The highest BCUT2D eigenvalue weighted by molar-refractivity contribution is 7.81. The molecule has 0 amide bonds. The normalized spacial score (nSPS) is 18.4. The molecule has 3 nitrogen and oxygen atoms in total. The Balaban J connectivity index is 2.93. The predicted octanol–water partition coefficient (Wildman–Crippen LogP) is 0.989. The van der Waals surface area contributed by atoms with E-state index in [1.54, 1.807) is 6.08 Å². The van der Waals surface area contributed by atoms with E-state index in [0.717, 1.165) is 0 Å². The number of thiocarbonyl (C=S) groups is 1. The molecule has 1 rings (SSSR count). The highest BCUT2D eigenvalue weighted by Crippen LogP contribution is 2.09. The highest BCUT2D eigenvalue weighted by atomic mass is 32.1. The average molecular weight is 168 g/mol. The van der Waals surface area contributed by atoms with E-state index in [9.17, 15) is 0 Å². The van der Waals surface area contributed by atoms with Gasteiger partial charge in [0.1, 0.15) is 0 Å². The van der Waals surface area contributed by atoms with Crippen LogP contribution in [0.25, 0.3) is 0 Å². The highest BCUT2D eigenvalue weighted by Gasteiger charge is 2.09. The summed E-state index contributed by atoms with van der Waals surface area (Å²) in [6.07, 6.45) is 6.19. The Bertz CT molecular complexity index is 266. The first-order chi connectivity index (χ1) is 5.25. The molecule has 11 heavy (non-hydrogen) atoms. The minimum Gasteiger partial charge on any atom is -0.409 e. The van der Waals surface area contributed by atoms with Gasteiger partial charge in [0.25, 0.3) is 0 Å². The van der Waals surface area contributed by atoms with Crippen molar-refractivity contribution in [2.45, 2.75) is 6.42 Å². The van der Waals surface area contributed by atoms with Crippen LogP contribution in [0, 0.1) is 0 Å². The van der Waals surface area contributed by atoms with E-state index in [1.165, 1.54) is 0 Å². The summed E-state index contributed by atoms with van der Waals surface area (Å²) in [6.45, 7) is 0. The molecule has 1 aliphatic rings. The Kier molecular flexibility index (Phi) is 2.38. The van der Waals surface area contributed by atoms with Crippen LogP contribution < -0.4 is 5.73 Å². The van der Waals surface area contributed by atoms with Gasteiger partial charge in [-0.3, -0.25) is 0 Å². The van der Waals surface area contributed by atoms with Crippen LogP contribution >= 0.6 is 12.2 Å². The SMILES string of the molecule is NC(=NO)C1=CC=CCC1=S. The second-order valence-corrected chi connectivity index (χ2v) is 2.61. The summed E-state index contributed by atoms with van der Waals surface area (Å²) in [6, 6.07) is 0. The van der Waals surface area contributed by atoms with Crippen molar-refractivity contribution in [3.63, 3.8) is 0 Å². The van der Waals surface area contributed by atoms with Crippen LogP contribution in [0.4, 0.5) is 0 Å². The van der Waals surface area contributed by atoms with Gasteiger partial charge in [-0.2, -0.15) is 0 Å². The van der Waals surface area contributed by atoms with Crippen LogP contribution in [0.5, 0.6) is 0 Å². The Morgan fingerprint density at radius 3 is 3.00 bits per heavy atom. The molecule has 0 unspecified atom stereocenters. The molecular weight excluding hydrogens is 160 g/mol. The van der Waals surface area contributed by atoms with E-state index in [4.69, 9.17) is 23.2 Å². The molecule has 0 heterocycles. The second kappa shape index (κ2) is 3.30. The third kappa shape index (κ3) is 1.65. The molecule has 0 saturated heterocycles. The van der Waals surface area contributed by atoms with Gasteiger partial charge in [-0.15, -0.1) is 0 Å². The Morgan fingerprint density at radius 2 is 2.45 bits per heavy atom. The van der Waals surface area contributed by atoms with Gasteiger partial charge in [-0.05, 0) is 0 Å². The fraction of sp³-hybridized carbons (Fsp3) is 0.143. The molecule has 0 spiro atoms. The molecule has 0 bridgehead atoms. The smallest absolute Gasteiger partial charge is 0.171 e. The second-order valence-electron chi connectivity index (χ2n) is 2.12. The van der Waals surface area contributed by atoms with E-state index in [0.29, 0.717) is 16.9 Å². The maximum atomic E-state index is 8.34. The minimum atomic E-state index is 0.0827. The Morgan fingerprint density at radius 1 is 1.73 bits per heavy atom. The van der Waals surface area contributed by atoms with Crippen molar-refractivity contribution >= 4 is 22.9 Å². The van der Waals surface area contributed by atoms with Crippen molar-refractivity contribution in [3.8, 4) is 0 Å². The van der Waals surface area contributed by atoms with Gasteiger partial charge in [-0.25, -0.2) is 0 Å². The van der Waals surface area contributed by atoms with E-state index >= 15 is 0 Å². The van der Waals surface area contributed by atoms with E-state index < -0.39 is 0 Å². The number of nitrogens with two attached hydrogens (primary N) is 1. The largest absolute Gasteiger partial charge is 0.409 e. The van der Waals surface area contributed by atoms with Crippen LogP contribution in [0.1, 0.15) is 6.42 Å². The summed E-state index contributed by atoms with van der Waals surface area (Å²) in [5, 5.41) is 11.2. The first kappa shape index (κ1) is 7.94. The number of rotatable bonds is 1. The van der Waals surface area contributed by atoms with Gasteiger partial charge in [0, 0.05) is 16.9 Å². The number of oxime groups is 1. The molecule has 0 atom stereocenters. The van der Waals surface area contributed by atoms with Crippen LogP contribution in [0.2, 0.25) is 0 Å². The van der Waals surface area contributed by atoms with E-state index in [1.807, 2.05) is 12.2 Å². The standard InChI is InChI=1S/C7H8N2OS/c8-7(9-10)5-3-1-2-4-6(5)11/h1-3,10H,4H2,(H2,8,9). The first-order valence-corrected chi connectivity index (χ1v) is 3.54. The zero-order valence-corrected chi connectivity index (χ0v) is 6.64. The van der Waals surface area contributed by atoms with Gasteiger partial charge in [0.2, 0.25) is 0 Å². The summed E-state index contributed by atoms with van der Waals surface area (Å²) in [5.74, 6) is 0.0827. The van der Waals surface area contributed by atoms with Gasteiger partial charge in [0.15, 0.2) is 5.84 Å². The lowest BCUT2D eigenvalue weighted by Gasteiger charge is -2.07. The van der Waals surface area contributed by atoms with Crippen LogP contribution in [-0.4, -0.2) is 15.9 Å². The lowest BCUT2D eigenvalue weighted by atomic mass is 10.0. The first-order valence-electron chi connectivity index (χ1n) is 3.13. The fourth-order valence-electron chi connectivity index (χ4n) is 0.824. The lowest BCUT2D eigenvalue weighted by Crippen LogP contribution is -2.20. The van der Waals surface area contributed by atoms with Crippen LogP contribution in [-0.2, 0) is 0 Å². The lowest BCUT2D eigenvalue weighted by molar-refractivity contribution is 0.318. The average Bonchev–Trinajstić information content (AvgIpc) is 2.04. The van der Waals surface area contributed by atoms with Crippen molar-refractivity contribution in [2.75, 3.05) is 0 Å². The summed E-state index contributed by atoms with van der Waals surface area (Å²) < 4.78 is 0.